The second-order valence-corrected chi connectivity index (χ2v) is 6.68. The molecule has 1 amide bonds. The fourth-order valence-electron chi connectivity index (χ4n) is 2.17. The standard InChI is InChI=1S/C18H16ClN3O4S/c1-24-14-7-11(8-15(9-14)25-2)17-21-22-18(26-17)27-10-16(23)20-13-5-3-12(19)4-6-13/h3-9H,10H2,1-2H3,(H,20,23). The van der Waals surface area contributed by atoms with Crippen LogP contribution < -0.4 is 14.8 Å². The van der Waals surface area contributed by atoms with Gasteiger partial charge in [-0.05, 0) is 36.4 Å². The third-order valence-corrected chi connectivity index (χ3v) is 4.53. The lowest BCUT2D eigenvalue weighted by atomic mass is 10.2. The SMILES string of the molecule is COc1cc(OC)cc(-c2nnc(SCC(=O)Nc3ccc(Cl)cc3)o2)c1. The average Bonchev–Trinajstić information content (AvgIpc) is 3.17. The Bertz CT molecular complexity index is 908. The van der Waals surface area contributed by atoms with Gasteiger partial charge in [0.2, 0.25) is 11.8 Å². The number of nitrogens with zero attached hydrogens (tertiary/aromatic N) is 2. The van der Waals surface area contributed by atoms with Crippen molar-refractivity contribution in [2.24, 2.45) is 0 Å². The van der Waals surface area contributed by atoms with Gasteiger partial charge in [-0.1, -0.05) is 23.4 Å². The quantitative estimate of drug-likeness (QED) is 0.591. The number of halogens is 1. The van der Waals surface area contributed by atoms with E-state index in [9.17, 15) is 4.79 Å². The maximum Gasteiger partial charge on any atom is 0.277 e. The molecule has 0 aliphatic carbocycles. The van der Waals surface area contributed by atoms with Crippen LogP contribution in [0.2, 0.25) is 5.02 Å². The third-order valence-electron chi connectivity index (χ3n) is 3.46. The Morgan fingerprint density at radius 2 is 1.78 bits per heavy atom. The van der Waals surface area contributed by atoms with Gasteiger partial charge in [0.05, 0.1) is 20.0 Å². The normalized spacial score (nSPS) is 10.5. The van der Waals surface area contributed by atoms with E-state index in [4.69, 9.17) is 25.5 Å². The van der Waals surface area contributed by atoms with Crippen molar-refractivity contribution in [2.75, 3.05) is 25.3 Å². The van der Waals surface area contributed by atoms with E-state index in [2.05, 4.69) is 15.5 Å². The van der Waals surface area contributed by atoms with Gasteiger partial charge in [-0.2, -0.15) is 0 Å². The van der Waals surface area contributed by atoms with E-state index in [0.29, 0.717) is 33.7 Å². The van der Waals surface area contributed by atoms with Crippen molar-refractivity contribution in [3.63, 3.8) is 0 Å². The van der Waals surface area contributed by atoms with Crippen molar-refractivity contribution in [3.8, 4) is 23.0 Å². The van der Waals surface area contributed by atoms with Crippen molar-refractivity contribution in [1.29, 1.82) is 0 Å². The Morgan fingerprint density at radius 3 is 2.41 bits per heavy atom. The molecule has 1 aromatic heterocycles. The second kappa shape index (κ2) is 8.79. The summed E-state index contributed by atoms with van der Waals surface area (Å²) in [6.45, 7) is 0. The van der Waals surface area contributed by atoms with Crippen LogP contribution >= 0.6 is 23.4 Å². The molecule has 7 nitrogen and oxygen atoms in total. The minimum atomic E-state index is -0.190. The first-order valence-electron chi connectivity index (χ1n) is 7.82. The lowest BCUT2D eigenvalue weighted by Gasteiger charge is -2.05. The van der Waals surface area contributed by atoms with Crippen LogP contribution in [0.15, 0.2) is 52.1 Å². The number of hydrogen-bond donors (Lipinski definition) is 1. The van der Waals surface area contributed by atoms with Gasteiger partial charge in [0.1, 0.15) is 11.5 Å². The Hall–Kier alpha value is -2.71. The summed E-state index contributed by atoms with van der Waals surface area (Å²) in [5.41, 5.74) is 1.33. The monoisotopic (exact) mass is 405 g/mol. The molecule has 0 radical (unpaired) electrons. The summed E-state index contributed by atoms with van der Waals surface area (Å²) in [7, 11) is 3.12. The Balaban J connectivity index is 1.62. The molecule has 0 saturated carbocycles. The molecule has 1 heterocycles. The lowest BCUT2D eigenvalue weighted by molar-refractivity contribution is -0.113. The Labute approximate surface area is 165 Å². The van der Waals surface area contributed by atoms with Gasteiger partial charge in [0.25, 0.3) is 5.22 Å². The maximum absolute atomic E-state index is 12.0. The second-order valence-electron chi connectivity index (χ2n) is 5.32. The van der Waals surface area contributed by atoms with Gasteiger partial charge >= 0.3 is 0 Å². The first kappa shape index (κ1) is 19.1. The molecule has 0 saturated heterocycles. The van der Waals surface area contributed by atoms with E-state index in [1.165, 1.54) is 0 Å². The van der Waals surface area contributed by atoms with Crippen LogP contribution in [-0.4, -0.2) is 36.1 Å². The number of anilines is 1. The summed E-state index contributed by atoms with van der Waals surface area (Å²) in [6, 6.07) is 12.1. The van der Waals surface area contributed by atoms with Gasteiger partial charge < -0.3 is 19.2 Å². The Morgan fingerprint density at radius 1 is 1.11 bits per heavy atom. The predicted molar refractivity (Wildman–Crippen MR) is 104 cm³/mol. The molecular formula is C18H16ClN3O4S. The molecule has 9 heteroatoms. The molecule has 140 valence electrons. The highest BCUT2D eigenvalue weighted by atomic mass is 35.5. The lowest BCUT2D eigenvalue weighted by Crippen LogP contribution is -2.13. The van der Waals surface area contributed by atoms with Crippen molar-refractivity contribution >= 4 is 35.0 Å². The van der Waals surface area contributed by atoms with Gasteiger partial charge in [-0.15, -0.1) is 10.2 Å². The summed E-state index contributed by atoms with van der Waals surface area (Å²) in [5.74, 6) is 1.47. The minimum absolute atomic E-state index is 0.131. The molecule has 0 unspecified atom stereocenters. The topological polar surface area (TPSA) is 86.5 Å². The summed E-state index contributed by atoms with van der Waals surface area (Å²) < 4.78 is 16.1. The zero-order valence-electron chi connectivity index (χ0n) is 14.6. The number of amides is 1. The number of ether oxygens (including phenoxy) is 2. The molecular weight excluding hydrogens is 390 g/mol. The molecule has 0 spiro atoms. The Kier molecular flexibility index (Phi) is 6.20. The van der Waals surface area contributed by atoms with Gasteiger partial charge in [0.15, 0.2) is 0 Å². The highest BCUT2D eigenvalue weighted by Gasteiger charge is 2.13. The molecule has 0 fully saturated rings. The molecule has 2 aromatic carbocycles. The van der Waals surface area contributed by atoms with Crippen LogP contribution in [-0.2, 0) is 4.79 Å². The molecule has 0 atom stereocenters. The van der Waals surface area contributed by atoms with Crippen molar-refractivity contribution < 1.29 is 18.7 Å². The largest absolute Gasteiger partial charge is 0.497 e. The van der Waals surface area contributed by atoms with Crippen LogP contribution in [0, 0.1) is 0 Å². The van der Waals surface area contributed by atoms with Crippen LogP contribution in [0.25, 0.3) is 11.5 Å². The number of benzene rings is 2. The first-order valence-corrected chi connectivity index (χ1v) is 9.19. The van der Waals surface area contributed by atoms with Crippen molar-refractivity contribution in [2.45, 2.75) is 5.22 Å². The predicted octanol–water partition coefficient (Wildman–Crippen LogP) is 4.14. The molecule has 27 heavy (non-hydrogen) atoms. The number of methoxy groups -OCH3 is 2. The van der Waals surface area contributed by atoms with E-state index in [1.807, 2.05) is 0 Å². The highest BCUT2D eigenvalue weighted by molar-refractivity contribution is 7.99. The summed E-state index contributed by atoms with van der Waals surface area (Å²) >= 11 is 6.97. The van der Waals surface area contributed by atoms with E-state index < -0.39 is 0 Å². The summed E-state index contributed by atoms with van der Waals surface area (Å²) in [4.78, 5) is 12.0. The van der Waals surface area contributed by atoms with Gasteiger partial charge in [-0.3, -0.25) is 4.79 Å². The maximum atomic E-state index is 12.0. The number of aromatic nitrogens is 2. The van der Waals surface area contributed by atoms with Gasteiger partial charge in [0, 0.05) is 22.3 Å². The van der Waals surface area contributed by atoms with Crippen LogP contribution in [0.4, 0.5) is 5.69 Å². The molecule has 3 rings (SSSR count). The number of thioether (sulfide) groups is 1. The zero-order chi connectivity index (χ0) is 19.2. The number of nitrogens with one attached hydrogen (secondary N) is 1. The molecule has 3 aromatic rings. The summed E-state index contributed by atoms with van der Waals surface area (Å²) in [5, 5.41) is 11.6. The molecule has 0 aliphatic heterocycles. The van der Waals surface area contributed by atoms with Crippen molar-refractivity contribution in [3.05, 3.63) is 47.5 Å². The van der Waals surface area contributed by atoms with Crippen LogP contribution in [0.5, 0.6) is 11.5 Å². The fourth-order valence-corrected chi connectivity index (χ4v) is 2.86. The zero-order valence-corrected chi connectivity index (χ0v) is 16.1. The van der Waals surface area contributed by atoms with Crippen LogP contribution in [0.1, 0.15) is 0 Å². The van der Waals surface area contributed by atoms with E-state index >= 15 is 0 Å². The molecule has 0 bridgehead atoms. The number of carbonyl (C=O) groups is 1. The van der Waals surface area contributed by atoms with Crippen LogP contribution in [0.3, 0.4) is 0 Å². The molecule has 0 aliphatic rings. The van der Waals surface area contributed by atoms with E-state index in [1.54, 1.807) is 56.7 Å². The smallest absolute Gasteiger partial charge is 0.277 e. The number of carbonyl (C=O) groups excluding carboxylic acids is 1. The first-order chi connectivity index (χ1) is 13.1. The minimum Gasteiger partial charge on any atom is -0.497 e. The van der Waals surface area contributed by atoms with Crippen molar-refractivity contribution in [1.82, 2.24) is 10.2 Å². The molecule has 1 N–H and O–H groups in total. The van der Waals surface area contributed by atoms with E-state index in [-0.39, 0.29) is 16.9 Å². The fraction of sp³-hybridized carbons (Fsp3) is 0.167. The number of rotatable bonds is 7. The number of hydrogen-bond acceptors (Lipinski definition) is 7. The summed E-state index contributed by atoms with van der Waals surface area (Å²) in [6.07, 6.45) is 0. The third kappa shape index (κ3) is 5.15. The van der Waals surface area contributed by atoms with Gasteiger partial charge in [-0.25, -0.2) is 0 Å². The highest BCUT2D eigenvalue weighted by Crippen LogP contribution is 2.30. The van der Waals surface area contributed by atoms with E-state index in [0.717, 1.165) is 11.8 Å². The average molecular weight is 406 g/mol.